The van der Waals surface area contributed by atoms with Gasteiger partial charge in [-0.2, -0.15) is 0 Å². The van der Waals surface area contributed by atoms with Crippen LogP contribution in [0.5, 0.6) is 0 Å². The molecule has 7 heteroatoms. The molecule has 2 rings (SSSR count). The van der Waals surface area contributed by atoms with Crippen molar-refractivity contribution >= 4 is 6.01 Å². The monoisotopic (exact) mass is 270 g/mol. The van der Waals surface area contributed by atoms with Crippen LogP contribution in [0.3, 0.4) is 0 Å². The molecule has 0 amide bonds. The smallest absolute Gasteiger partial charge is 0.318 e. The fraction of sp³-hybridized carbons (Fsp3) is 0.833. The number of aliphatic hydroxyl groups excluding tert-OH is 1. The highest BCUT2D eigenvalue weighted by atomic mass is 16.5. The second kappa shape index (κ2) is 6.83. The van der Waals surface area contributed by atoms with Crippen LogP contribution in [0.4, 0.5) is 6.01 Å². The van der Waals surface area contributed by atoms with E-state index in [1.54, 1.807) is 7.11 Å². The Morgan fingerprint density at radius 1 is 1.53 bits per heavy atom. The van der Waals surface area contributed by atoms with Crippen molar-refractivity contribution in [1.82, 2.24) is 15.5 Å². The molecule has 0 spiro atoms. The SMILES string of the molecule is COCCNCc1nnc(N2CCC(C)C2CO)o1. The van der Waals surface area contributed by atoms with Gasteiger partial charge in [0.15, 0.2) is 0 Å². The minimum atomic E-state index is 0.0785. The fourth-order valence-electron chi connectivity index (χ4n) is 2.33. The number of hydrogen-bond acceptors (Lipinski definition) is 7. The molecule has 0 aromatic carbocycles. The van der Waals surface area contributed by atoms with Crippen molar-refractivity contribution in [3.63, 3.8) is 0 Å². The maximum Gasteiger partial charge on any atom is 0.318 e. The summed E-state index contributed by atoms with van der Waals surface area (Å²) in [5.41, 5.74) is 0. The molecule has 0 radical (unpaired) electrons. The van der Waals surface area contributed by atoms with Gasteiger partial charge in [0.05, 0.1) is 25.8 Å². The Labute approximate surface area is 112 Å². The maximum absolute atomic E-state index is 9.42. The Kier molecular flexibility index (Phi) is 5.12. The summed E-state index contributed by atoms with van der Waals surface area (Å²) >= 11 is 0. The zero-order valence-electron chi connectivity index (χ0n) is 11.5. The lowest BCUT2D eigenvalue weighted by Gasteiger charge is -2.22. The van der Waals surface area contributed by atoms with Crippen molar-refractivity contribution in [2.75, 3.05) is 38.3 Å². The average molecular weight is 270 g/mol. The Morgan fingerprint density at radius 2 is 2.37 bits per heavy atom. The first-order chi connectivity index (χ1) is 9.26. The number of nitrogens with zero attached hydrogens (tertiary/aromatic N) is 3. The van der Waals surface area contributed by atoms with Crippen LogP contribution in [0.2, 0.25) is 0 Å². The van der Waals surface area contributed by atoms with Crippen molar-refractivity contribution < 1.29 is 14.3 Å². The van der Waals surface area contributed by atoms with E-state index in [2.05, 4.69) is 22.4 Å². The number of rotatable bonds is 7. The Morgan fingerprint density at radius 3 is 3.11 bits per heavy atom. The number of ether oxygens (including phenoxy) is 1. The minimum absolute atomic E-state index is 0.0785. The molecule has 2 atom stereocenters. The number of aliphatic hydroxyl groups is 1. The molecule has 2 heterocycles. The predicted molar refractivity (Wildman–Crippen MR) is 69.9 cm³/mol. The molecule has 0 bridgehead atoms. The maximum atomic E-state index is 9.42. The Bertz CT molecular complexity index is 385. The summed E-state index contributed by atoms with van der Waals surface area (Å²) in [7, 11) is 1.66. The van der Waals surface area contributed by atoms with Gasteiger partial charge in [0.1, 0.15) is 0 Å². The molecule has 19 heavy (non-hydrogen) atoms. The summed E-state index contributed by atoms with van der Waals surface area (Å²) in [6.07, 6.45) is 1.04. The molecular weight excluding hydrogens is 248 g/mol. The number of hydrogen-bond donors (Lipinski definition) is 2. The Hall–Kier alpha value is -1.18. The zero-order valence-corrected chi connectivity index (χ0v) is 11.5. The lowest BCUT2D eigenvalue weighted by molar-refractivity contribution is 0.198. The molecule has 7 nitrogen and oxygen atoms in total. The van der Waals surface area contributed by atoms with E-state index >= 15 is 0 Å². The van der Waals surface area contributed by atoms with Gasteiger partial charge in [-0.15, -0.1) is 5.10 Å². The van der Waals surface area contributed by atoms with E-state index in [1.807, 2.05) is 4.90 Å². The van der Waals surface area contributed by atoms with Crippen LogP contribution in [0.25, 0.3) is 0 Å². The van der Waals surface area contributed by atoms with E-state index in [9.17, 15) is 5.11 Å². The van der Waals surface area contributed by atoms with Gasteiger partial charge in [0.25, 0.3) is 0 Å². The molecule has 0 saturated carbocycles. The lowest BCUT2D eigenvalue weighted by Crippen LogP contribution is -2.35. The van der Waals surface area contributed by atoms with Gasteiger partial charge < -0.3 is 24.5 Å². The molecule has 2 N–H and O–H groups in total. The van der Waals surface area contributed by atoms with Gasteiger partial charge in [0.2, 0.25) is 5.89 Å². The quantitative estimate of drug-likeness (QED) is 0.675. The number of methoxy groups -OCH3 is 1. The molecule has 1 aromatic heterocycles. The highest BCUT2D eigenvalue weighted by Crippen LogP contribution is 2.28. The molecular formula is C12H22N4O3. The van der Waals surface area contributed by atoms with E-state index < -0.39 is 0 Å². The van der Waals surface area contributed by atoms with Crippen LogP contribution in [0.1, 0.15) is 19.2 Å². The van der Waals surface area contributed by atoms with Crippen molar-refractivity contribution in [2.24, 2.45) is 5.92 Å². The van der Waals surface area contributed by atoms with Crippen molar-refractivity contribution in [1.29, 1.82) is 0 Å². The van der Waals surface area contributed by atoms with E-state index in [-0.39, 0.29) is 12.6 Å². The van der Waals surface area contributed by atoms with Crippen LogP contribution in [0, 0.1) is 5.92 Å². The van der Waals surface area contributed by atoms with Gasteiger partial charge in [-0.05, 0) is 12.3 Å². The van der Waals surface area contributed by atoms with E-state index in [4.69, 9.17) is 9.15 Å². The van der Waals surface area contributed by atoms with E-state index in [0.717, 1.165) is 19.5 Å². The minimum Gasteiger partial charge on any atom is -0.407 e. The third-order valence-corrected chi connectivity index (χ3v) is 3.53. The second-order valence-electron chi connectivity index (χ2n) is 4.86. The van der Waals surface area contributed by atoms with Crippen LogP contribution in [-0.4, -0.2) is 54.8 Å². The highest BCUT2D eigenvalue weighted by Gasteiger charge is 2.33. The van der Waals surface area contributed by atoms with Crippen molar-refractivity contribution in [2.45, 2.75) is 25.9 Å². The van der Waals surface area contributed by atoms with Crippen molar-refractivity contribution in [3.05, 3.63) is 5.89 Å². The van der Waals surface area contributed by atoms with Crippen LogP contribution < -0.4 is 10.2 Å². The lowest BCUT2D eigenvalue weighted by atomic mass is 10.0. The first-order valence-corrected chi connectivity index (χ1v) is 6.65. The highest BCUT2D eigenvalue weighted by molar-refractivity contribution is 5.29. The van der Waals surface area contributed by atoms with Crippen molar-refractivity contribution in [3.8, 4) is 0 Å². The topological polar surface area (TPSA) is 83.7 Å². The molecule has 108 valence electrons. The summed E-state index contributed by atoms with van der Waals surface area (Å²) in [5, 5.41) is 20.6. The first-order valence-electron chi connectivity index (χ1n) is 6.65. The van der Waals surface area contributed by atoms with Gasteiger partial charge in [-0.25, -0.2) is 0 Å². The van der Waals surface area contributed by atoms with Crippen LogP contribution in [-0.2, 0) is 11.3 Å². The van der Waals surface area contributed by atoms with Gasteiger partial charge in [-0.1, -0.05) is 12.0 Å². The predicted octanol–water partition coefficient (Wildman–Crippen LogP) is 0.0127. The van der Waals surface area contributed by atoms with E-state index in [0.29, 0.717) is 31.0 Å². The third-order valence-electron chi connectivity index (χ3n) is 3.53. The molecule has 1 fully saturated rings. The zero-order chi connectivity index (χ0) is 13.7. The number of nitrogens with one attached hydrogen (secondary N) is 1. The Balaban J connectivity index is 1.89. The molecule has 0 aliphatic carbocycles. The summed E-state index contributed by atoms with van der Waals surface area (Å²) < 4.78 is 10.6. The normalized spacial score (nSPS) is 23.2. The molecule has 2 unspecified atom stereocenters. The van der Waals surface area contributed by atoms with Crippen LogP contribution >= 0.6 is 0 Å². The summed E-state index contributed by atoms with van der Waals surface area (Å²) in [6, 6.07) is 0.585. The number of aromatic nitrogens is 2. The standard InChI is InChI=1S/C12H22N4O3/c1-9-3-5-16(10(9)8-17)12-15-14-11(19-12)7-13-4-6-18-2/h9-10,13,17H,3-8H2,1-2H3. The molecule has 1 aliphatic rings. The van der Waals surface area contributed by atoms with Gasteiger partial charge in [-0.3, -0.25) is 0 Å². The number of anilines is 1. The van der Waals surface area contributed by atoms with Gasteiger partial charge >= 0.3 is 6.01 Å². The van der Waals surface area contributed by atoms with E-state index in [1.165, 1.54) is 0 Å². The largest absolute Gasteiger partial charge is 0.407 e. The average Bonchev–Trinajstić information content (AvgIpc) is 3.01. The molecule has 1 saturated heterocycles. The fourth-order valence-corrected chi connectivity index (χ4v) is 2.33. The summed E-state index contributed by atoms with van der Waals surface area (Å²) in [5.74, 6) is 1.00. The summed E-state index contributed by atoms with van der Waals surface area (Å²) in [6.45, 7) is 5.02. The first kappa shape index (κ1) is 14.2. The van der Waals surface area contributed by atoms with Gasteiger partial charge in [0, 0.05) is 20.2 Å². The van der Waals surface area contributed by atoms with Crippen LogP contribution in [0.15, 0.2) is 4.42 Å². The summed E-state index contributed by atoms with van der Waals surface area (Å²) in [4.78, 5) is 2.00. The molecule has 1 aromatic rings. The molecule has 1 aliphatic heterocycles. The second-order valence-corrected chi connectivity index (χ2v) is 4.86. The third kappa shape index (κ3) is 3.43.